The third kappa shape index (κ3) is 3.91. The summed E-state index contributed by atoms with van der Waals surface area (Å²) in [4.78, 5) is 33.6. The highest BCUT2D eigenvalue weighted by Gasteiger charge is 2.34. The summed E-state index contributed by atoms with van der Waals surface area (Å²) in [6.45, 7) is 4.91. The van der Waals surface area contributed by atoms with Crippen LogP contribution in [0.5, 0.6) is 0 Å². The van der Waals surface area contributed by atoms with Gasteiger partial charge < -0.3 is 10.4 Å². The fourth-order valence-corrected chi connectivity index (χ4v) is 1.99. The number of nitrogens with one attached hydrogen (secondary N) is 1. The van der Waals surface area contributed by atoms with Gasteiger partial charge in [-0.15, -0.1) is 0 Å². The van der Waals surface area contributed by atoms with Gasteiger partial charge in [-0.1, -0.05) is 38.4 Å². The average Bonchev–Trinajstić information content (AvgIpc) is 2.32. The number of benzene rings is 1. The van der Waals surface area contributed by atoms with Crippen molar-refractivity contribution in [3.8, 4) is 0 Å². The lowest BCUT2D eigenvalue weighted by molar-refractivity contribution is -0.385. The molecule has 0 aliphatic heterocycles. The first-order valence-electron chi connectivity index (χ1n) is 6.02. The molecule has 7 nitrogen and oxygen atoms in total. The molecule has 0 radical (unpaired) electrons. The Morgan fingerprint density at radius 3 is 2.38 bits per heavy atom. The molecule has 0 aliphatic carbocycles. The van der Waals surface area contributed by atoms with Crippen LogP contribution in [0.2, 0.25) is 5.02 Å². The molecule has 0 fully saturated rings. The summed E-state index contributed by atoms with van der Waals surface area (Å²) in [5.74, 6) is -2.08. The van der Waals surface area contributed by atoms with Crippen LogP contribution >= 0.6 is 11.6 Å². The van der Waals surface area contributed by atoms with Crippen molar-refractivity contribution in [2.24, 2.45) is 5.41 Å². The van der Waals surface area contributed by atoms with E-state index < -0.39 is 33.9 Å². The van der Waals surface area contributed by atoms with Gasteiger partial charge in [0.25, 0.3) is 5.91 Å². The van der Waals surface area contributed by atoms with Crippen LogP contribution in [0.3, 0.4) is 0 Å². The van der Waals surface area contributed by atoms with E-state index in [2.05, 4.69) is 5.32 Å². The summed E-state index contributed by atoms with van der Waals surface area (Å²) in [6, 6.07) is 2.70. The van der Waals surface area contributed by atoms with E-state index >= 15 is 0 Å². The zero-order valence-electron chi connectivity index (χ0n) is 11.7. The Balaban J connectivity index is 3.19. The largest absolute Gasteiger partial charge is 0.480 e. The summed E-state index contributed by atoms with van der Waals surface area (Å²) in [7, 11) is 0. The smallest absolute Gasteiger partial charge is 0.326 e. The number of carboxylic acids is 1. The quantitative estimate of drug-likeness (QED) is 0.655. The fourth-order valence-electron chi connectivity index (χ4n) is 1.74. The number of nitro benzene ring substituents is 1. The van der Waals surface area contributed by atoms with Crippen LogP contribution in [0, 0.1) is 15.5 Å². The minimum atomic E-state index is -1.22. The van der Waals surface area contributed by atoms with Gasteiger partial charge in [0.05, 0.1) is 4.92 Å². The van der Waals surface area contributed by atoms with Gasteiger partial charge in [0.2, 0.25) is 0 Å². The molecule has 0 bridgehead atoms. The number of rotatable bonds is 4. The Labute approximate surface area is 126 Å². The number of nitrogens with zero attached hydrogens (tertiary/aromatic N) is 1. The molecule has 0 spiro atoms. The topological polar surface area (TPSA) is 110 Å². The average molecular weight is 315 g/mol. The van der Waals surface area contributed by atoms with Crippen LogP contribution in [-0.4, -0.2) is 27.9 Å². The van der Waals surface area contributed by atoms with Crippen molar-refractivity contribution >= 4 is 29.2 Å². The van der Waals surface area contributed by atoms with Crippen molar-refractivity contribution in [3.63, 3.8) is 0 Å². The standard InChI is InChI=1S/C13H15ClN2O5/c1-13(2,3)10(12(18)19)15-11(17)7-5-4-6-8(14)9(7)16(20)21/h4-6,10H,1-3H3,(H,15,17)(H,18,19)/t10-/m1/s1. The van der Waals surface area contributed by atoms with Crippen LogP contribution < -0.4 is 5.32 Å². The fraction of sp³-hybridized carbons (Fsp3) is 0.385. The van der Waals surface area contributed by atoms with Crippen molar-refractivity contribution in [2.45, 2.75) is 26.8 Å². The van der Waals surface area contributed by atoms with Crippen LogP contribution in [0.4, 0.5) is 5.69 Å². The molecule has 8 heteroatoms. The second-order valence-electron chi connectivity index (χ2n) is 5.50. The van der Waals surface area contributed by atoms with E-state index in [1.807, 2.05) is 0 Å². The van der Waals surface area contributed by atoms with E-state index in [0.29, 0.717) is 0 Å². The Hall–Kier alpha value is -2.15. The molecule has 0 saturated carbocycles. The number of carbonyl (C=O) groups is 2. The van der Waals surface area contributed by atoms with Crippen LogP contribution in [-0.2, 0) is 4.79 Å². The minimum absolute atomic E-state index is 0.185. The van der Waals surface area contributed by atoms with Gasteiger partial charge in [-0.3, -0.25) is 14.9 Å². The number of para-hydroxylation sites is 1. The molecule has 1 atom stereocenters. The molecule has 1 amide bonds. The molecule has 0 unspecified atom stereocenters. The molecule has 0 aliphatic rings. The van der Waals surface area contributed by atoms with Gasteiger partial charge in [0.15, 0.2) is 0 Å². The molecule has 1 rings (SSSR count). The second kappa shape index (κ2) is 6.09. The molecular weight excluding hydrogens is 300 g/mol. The molecule has 114 valence electrons. The number of amides is 1. The van der Waals surface area contributed by atoms with E-state index in [1.165, 1.54) is 18.2 Å². The number of carboxylic acid groups (broad SMARTS) is 1. The maximum absolute atomic E-state index is 12.1. The van der Waals surface area contributed by atoms with Gasteiger partial charge in [-0.25, -0.2) is 4.79 Å². The Morgan fingerprint density at radius 2 is 1.95 bits per heavy atom. The zero-order valence-corrected chi connectivity index (χ0v) is 12.5. The lowest BCUT2D eigenvalue weighted by Crippen LogP contribution is -2.49. The number of hydrogen-bond acceptors (Lipinski definition) is 4. The van der Waals surface area contributed by atoms with Gasteiger partial charge in [0.1, 0.15) is 16.6 Å². The number of aliphatic carboxylic acids is 1. The molecular formula is C13H15ClN2O5. The minimum Gasteiger partial charge on any atom is -0.480 e. The maximum atomic E-state index is 12.1. The van der Waals surface area contributed by atoms with Crippen molar-refractivity contribution in [1.29, 1.82) is 0 Å². The zero-order chi connectivity index (χ0) is 16.4. The van der Waals surface area contributed by atoms with Crippen molar-refractivity contribution in [2.75, 3.05) is 0 Å². The highest BCUT2D eigenvalue weighted by molar-refractivity contribution is 6.33. The second-order valence-corrected chi connectivity index (χ2v) is 5.91. The first-order chi connectivity index (χ1) is 9.55. The summed E-state index contributed by atoms with van der Waals surface area (Å²) >= 11 is 5.72. The van der Waals surface area contributed by atoms with Crippen LogP contribution in [0.25, 0.3) is 0 Å². The summed E-state index contributed by atoms with van der Waals surface area (Å²) in [5, 5.41) is 22.3. The molecule has 1 aromatic rings. The first kappa shape index (κ1) is 16.9. The number of hydrogen-bond donors (Lipinski definition) is 2. The van der Waals surface area contributed by atoms with Crippen LogP contribution in [0.15, 0.2) is 18.2 Å². The number of carbonyl (C=O) groups excluding carboxylic acids is 1. The SMILES string of the molecule is CC(C)(C)[C@H](NC(=O)c1cccc(Cl)c1[N+](=O)[O-])C(=O)O. The van der Waals surface area contributed by atoms with Crippen molar-refractivity contribution < 1.29 is 19.6 Å². The lowest BCUT2D eigenvalue weighted by Gasteiger charge is -2.27. The predicted octanol–water partition coefficient (Wildman–Crippen LogP) is 2.48. The van der Waals surface area contributed by atoms with Gasteiger partial charge >= 0.3 is 11.7 Å². The van der Waals surface area contributed by atoms with E-state index in [1.54, 1.807) is 20.8 Å². The van der Waals surface area contributed by atoms with Gasteiger partial charge in [-0.2, -0.15) is 0 Å². The third-order valence-corrected chi connectivity index (χ3v) is 3.11. The molecule has 0 aromatic heterocycles. The summed E-state index contributed by atoms with van der Waals surface area (Å²) in [5.41, 5.74) is -1.58. The number of halogens is 1. The molecule has 1 aromatic carbocycles. The highest BCUT2D eigenvalue weighted by atomic mass is 35.5. The molecule has 0 saturated heterocycles. The predicted molar refractivity (Wildman–Crippen MR) is 76.5 cm³/mol. The lowest BCUT2D eigenvalue weighted by atomic mass is 9.86. The Bertz CT molecular complexity index is 595. The van der Waals surface area contributed by atoms with Gasteiger partial charge in [-0.05, 0) is 17.5 Å². The van der Waals surface area contributed by atoms with Gasteiger partial charge in [0, 0.05) is 0 Å². The monoisotopic (exact) mass is 314 g/mol. The molecule has 21 heavy (non-hydrogen) atoms. The summed E-state index contributed by atoms with van der Waals surface area (Å²) < 4.78 is 0. The van der Waals surface area contributed by atoms with E-state index in [4.69, 9.17) is 16.7 Å². The van der Waals surface area contributed by atoms with E-state index in [0.717, 1.165) is 0 Å². The number of nitro groups is 1. The third-order valence-electron chi connectivity index (χ3n) is 2.80. The normalized spacial score (nSPS) is 12.6. The van der Waals surface area contributed by atoms with Crippen LogP contribution in [0.1, 0.15) is 31.1 Å². The maximum Gasteiger partial charge on any atom is 0.326 e. The summed E-state index contributed by atoms with van der Waals surface area (Å²) in [6.07, 6.45) is 0. The highest BCUT2D eigenvalue weighted by Crippen LogP contribution is 2.28. The van der Waals surface area contributed by atoms with E-state index in [-0.39, 0.29) is 10.6 Å². The molecule has 0 heterocycles. The molecule has 2 N–H and O–H groups in total. The van der Waals surface area contributed by atoms with Crippen molar-refractivity contribution in [1.82, 2.24) is 5.32 Å². The van der Waals surface area contributed by atoms with Crippen molar-refractivity contribution in [3.05, 3.63) is 38.9 Å². The van der Waals surface area contributed by atoms with E-state index in [9.17, 15) is 19.7 Å². The Kier molecular flexibility index (Phi) is 4.90. The first-order valence-corrected chi connectivity index (χ1v) is 6.40. The Morgan fingerprint density at radius 1 is 1.38 bits per heavy atom.